The number of benzene rings is 2. The molecule has 0 aliphatic heterocycles. The van der Waals surface area contributed by atoms with E-state index in [1.54, 1.807) is 13.8 Å². The molecule has 0 unspecified atom stereocenters. The van der Waals surface area contributed by atoms with E-state index in [4.69, 9.17) is 9.47 Å². The van der Waals surface area contributed by atoms with Crippen molar-refractivity contribution in [1.82, 2.24) is 0 Å². The van der Waals surface area contributed by atoms with Crippen LogP contribution in [0.3, 0.4) is 0 Å². The maximum absolute atomic E-state index is 11.5. The average molecular weight is 392 g/mol. The first-order chi connectivity index (χ1) is 14.1. The smallest absolute Gasteiger partial charge is 0.310 e. The molecular formula is C25H28O4. The summed E-state index contributed by atoms with van der Waals surface area (Å²) in [7, 11) is 0. The minimum absolute atomic E-state index is 0.235. The van der Waals surface area contributed by atoms with Crippen LogP contribution in [0.1, 0.15) is 69.9 Å². The fourth-order valence-corrected chi connectivity index (χ4v) is 3.59. The van der Waals surface area contributed by atoms with Crippen LogP contribution in [-0.2, 0) is 9.59 Å². The Morgan fingerprint density at radius 1 is 0.690 bits per heavy atom. The van der Waals surface area contributed by atoms with Crippen LogP contribution in [-0.4, -0.2) is 11.9 Å². The molecule has 0 aromatic heterocycles. The van der Waals surface area contributed by atoms with Crippen LogP contribution in [0.25, 0.3) is 5.57 Å². The Hall–Kier alpha value is -2.88. The van der Waals surface area contributed by atoms with Crippen molar-refractivity contribution in [3.8, 4) is 11.5 Å². The van der Waals surface area contributed by atoms with Crippen LogP contribution in [0.15, 0.2) is 54.1 Å². The molecule has 152 valence electrons. The Morgan fingerprint density at radius 2 is 1.10 bits per heavy atom. The van der Waals surface area contributed by atoms with Crippen molar-refractivity contribution in [3.63, 3.8) is 0 Å². The number of rotatable bonds is 6. The summed E-state index contributed by atoms with van der Waals surface area (Å²) in [5.74, 6) is 0.660. The molecule has 3 rings (SSSR count). The van der Waals surface area contributed by atoms with Crippen molar-refractivity contribution >= 4 is 17.5 Å². The molecule has 0 bridgehead atoms. The predicted molar refractivity (Wildman–Crippen MR) is 114 cm³/mol. The summed E-state index contributed by atoms with van der Waals surface area (Å²) in [6.07, 6.45) is 6.57. The van der Waals surface area contributed by atoms with E-state index < -0.39 is 0 Å². The van der Waals surface area contributed by atoms with Gasteiger partial charge in [0.15, 0.2) is 0 Å². The molecule has 4 nitrogen and oxygen atoms in total. The molecule has 0 N–H and O–H groups in total. The molecule has 0 spiro atoms. The first kappa shape index (κ1) is 20.8. The molecule has 0 amide bonds. The third kappa shape index (κ3) is 5.57. The van der Waals surface area contributed by atoms with Gasteiger partial charge in [-0.25, -0.2) is 0 Å². The van der Waals surface area contributed by atoms with Gasteiger partial charge < -0.3 is 9.47 Å². The Labute approximate surface area is 172 Å². The van der Waals surface area contributed by atoms with Crippen molar-refractivity contribution in [2.24, 2.45) is 0 Å². The molecule has 4 heteroatoms. The van der Waals surface area contributed by atoms with Gasteiger partial charge in [-0.05, 0) is 66.6 Å². The zero-order valence-corrected chi connectivity index (χ0v) is 17.2. The minimum atomic E-state index is -0.235. The topological polar surface area (TPSA) is 52.6 Å². The molecular weight excluding hydrogens is 364 g/mol. The van der Waals surface area contributed by atoms with Crippen LogP contribution in [0.2, 0.25) is 0 Å². The van der Waals surface area contributed by atoms with Gasteiger partial charge in [0, 0.05) is 12.8 Å². The highest BCUT2D eigenvalue weighted by atomic mass is 16.5. The van der Waals surface area contributed by atoms with Gasteiger partial charge in [0.1, 0.15) is 11.5 Å². The normalized spacial score (nSPS) is 13.7. The molecule has 1 aliphatic rings. The number of carbonyl (C=O) groups is 2. The van der Waals surface area contributed by atoms with E-state index in [0.717, 1.165) is 24.0 Å². The lowest BCUT2D eigenvalue weighted by molar-refractivity contribution is -0.134. The van der Waals surface area contributed by atoms with Gasteiger partial charge in [-0.1, -0.05) is 50.1 Å². The van der Waals surface area contributed by atoms with E-state index in [0.29, 0.717) is 24.3 Å². The molecule has 1 saturated carbocycles. The second-order valence-electron chi connectivity index (χ2n) is 7.24. The van der Waals surface area contributed by atoms with Crippen LogP contribution in [0, 0.1) is 0 Å². The number of ether oxygens (including phenoxy) is 2. The van der Waals surface area contributed by atoms with Crippen LogP contribution in [0.5, 0.6) is 11.5 Å². The lowest BCUT2D eigenvalue weighted by Crippen LogP contribution is -2.06. The molecule has 1 fully saturated rings. The van der Waals surface area contributed by atoms with Crippen molar-refractivity contribution in [2.45, 2.75) is 58.8 Å². The van der Waals surface area contributed by atoms with E-state index in [-0.39, 0.29) is 11.9 Å². The van der Waals surface area contributed by atoms with Gasteiger partial charge in [0.2, 0.25) is 0 Å². The second-order valence-corrected chi connectivity index (χ2v) is 7.24. The SMILES string of the molecule is CCC(=O)Oc1ccc(C(=C2CCCCC2)c2ccc(OC(=O)CC)cc2)cc1. The van der Waals surface area contributed by atoms with E-state index in [9.17, 15) is 9.59 Å². The summed E-state index contributed by atoms with van der Waals surface area (Å²) in [6, 6.07) is 15.5. The van der Waals surface area contributed by atoms with E-state index in [1.165, 1.54) is 30.4 Å². The van der Waals surface area contributed by atoms with Gasteiger partial charge in [-0.3, -0.25) is 9.59 Å². The van der Waals surface area contributed by atoms with Gasteiger partial charge in [-0.15, -0.1) is 0 Å². The zero-order chi connectivity index (χ0) is 20.6. The van der Waals surface area contributed by atoms with Crippen molar-refractivity contribution in [3.05, 3.63) is 65.2 Å². The summed E-state index contributed by atoms with van der Waals surface area (Å²) < 4.78 is 10.6. The highest BCUT2D eigenvalue weighted by Gasteiger charge is 2.16. The average Bonchev–Trinajstić information content (AvgIpc) is 2.77. The first-order valence-corrected chi connectivity index (χ1v) is 10.4. The van der Waals surface area contributed by atoms with Crippen LogP contribution >= 0.6 is 0 Å². The molecule has 29 heavy (non-hydrogen) atoms. The molecule has 1 aliphatic carbocycles. The Kier molecular flexibility index (Phi) is 7.23. The third-order valence-corrected chi connectivity index (χ3v) is 5.14. The number of allylic oxidation sites excluding steroid dienone is 1. The number of hydrogen-bond donors (Lipinski definition) is 0. The Bertz CT molecular complexity index is 805. The largest absolute Gasteiger partial charge is 0.427 e. The monoisotopic (exact) mass is 392 g/mol. The molecule has 0 atom stereocenters. The fraction of sp³-hybridized carbons (Fsp3) is 0.360. The minimum Gasteiger partial charge on any atom is -0.427 e. The van der Waals surface area contributed by atoms with Gasteiger partial charge >= 0.3 is 11.9 Å². The van der Waals surface area contributed by atoms with Crippen molar-refractivity contribution < 1.29 is 19.1 Å². The lowest BCUT2D eigenvalue weighted by atomic mass is 9.85. The molecule has 0 heterocycles. The summed E-state index contributed by atoms with van der Waals surface area (Å²) in [6.45, 7) is 3.56. The third-order valence-electron chi connectivity index (χ3n) is 5.14. The summed E-state index contributed by atoms with van der Waals surface area (Å²) in [5.41, 5.74) is 4.90. The zero-order valence-electron chi connectivity index (χ0n) is 17.2. The van der Waals surface area contributed by atoms with Gasteiger partial charge in [0.05, 0.1) is 0 Å². The van der Waals surface area contributed by atoms with Crippen molar-refractivity contribution in [2.75, 3.05) is 0 Å². The predicted octanol–water partition coefficient (Wildman–Crippen LogP) is 6.08. The summed E-state index contributed by atoms with van der Waals surface area (Å²) in [5, 5.41) is 0. The molecule has 2 aromatic rings. The molecule has 0 saturated heterocycles. The fourth-order valence-electron chi connectivity index (χ4n) is 3.59. The molecule has 0 radical (unpaired) electrons. The number of hydrogen-bond acceptors (Lipinski definition) is 4. The molecule has 2 aromatic carbocycles. The maximum atomic E-state index is 11.5. The Balaban J connectivity index is 1.92. The van der Waals surface area contributed by atoms with Gasteiger partial charge in [-0.2, -0.15) is 0 Å². The first-order valence-electron chi connectivity index (χ1n) is 10.4. The second kappa shape index (κ2) is 10.1. The van der Waals surface area contributed by atoms with E-state index in [1.807, 2.05) is 48.5 Å². The number of esters is 2. The summed E-state index contributed by atoms with van der Waals surface area (Å²) in [4.78, 5) is 23.1. The highest BCUT2D eigenvalue weighted by molar-refractivity contribution is 5.83. The lowest BCUT2D eigenvalue weighted by Gasteiger charge is -2.20. The number of carbonyl (C=O) groups excluding carboxylic acids is 2. The van der Waals surface area contributed by atoms with Crippen LogP contribution in [0.4, 0.5) is 0 Å². The quantitative estimate of drug-likeness (QED) is 0.441. The standard InChI is InChI=1S/C25H28O4/c1-3-23(26)28-21-14-10-19(11-15-21)25(18-8-6-5-7-9-18)20-12-16-22(17-13-20)29-24(27)4-2/h10-17H,3-9H2,1-2H3. The van der Waals surface area contributed by atoms with Crippen LogP contribution < -0.4 is 9.47 Å². The van der Waals surface area contributed by atoms with E-state index >= 15 is 0 Å². The Morgan fingerprint density at radius 3 is 1.48 bits per heavy atom. The van der Waals surface area contributed by atoms with E-state index in [2.05, 4.69) is 0 Å². The summed E-state index contributed by atoms with van der Waals surface area (Å²) >= 11 is 0. The highest BCUT2D eigenvalue weighted by Crippen LogP contribution is 2.36. The van der Waals surface area contributed by atoms with Gasteiger partial charge in [0.25, 0.3) is 0 Å². The van der Waals surface area contributed by atoms with Crippen molar-refractivity contribution in [1.29, 1.82) is 0 Å². The maximum Gasteiger partial charge on any atom is 0.310 e.